The maximum Gasteiger partial charge on any atom is 0.292 e. The van der Waals surface area contributed by atoms with E-state index in [0.29, 0.717) is 33.8 Å². The van der Waals surface area contributed by atoms with E-state index in [1.54, 1.807) is 30.3 Å². The van der Waals surface area contributed by atoms with Crippen molar-refractivity contribution < 1.29 is 9.85 Å². The van der Waals surface area contributed by atoms with Crippen LogP contribution in [0.3, 0.4) is 0 Å². The number of nitrogens with two attached hydrogens (primary N) is 1. The maximum atomic E-state index is 11.2. The molecule has 9 heteroatoms. The summed E-state index contributed by atoms with van der Waals surface area (Å²) in [7, 11) is 0. The highest BCUT2D eigenvalue weighted by Crippen LogP contribution is 2.37. The van der Waals surface area contributed by atoms with Crippen molar-refractivity contribution in [1.82, 2.24) is 0 Å². The Bertz CT molecular complexity index is 1530. The Balaban J connectivity index is 0.000000259. The van der Waals surface area contributed by atoms with Crippen LogP contribution in [0.4, 0.5) is 28.4 Å². The van der Waals surface area contributed by atoms with Crippen LogP contribution in [0.15, 0.2) is 89.4 Å². The summed E-state index contributed by atoms with van der Waals surface area (Å²) in [6.45, 7) is 17.2. The average Bonchev–Trinajstić information content (AvgIpc) is 2.97. The van der Waals surface area contributed by atoms with Crippen LogP contribution in [0, 0.1) is 20.2 Å². The molecule has 0 unspecified atom stereocenters. The molecule has 45 heavy (non-hydrogen) atoms. The van der Waals surface area contributed by atoms with Crippen LogP contribution in [0.5, 0.6) is 0 Å². The highest BCUT2D eigenvalue weighted by molar-refractivity contribution is 9.10. The molecule has 3 N–H and O–H groups in total. The lowest BCUT2D eigenvalue weighted by molar-refractivity contribution is -0.385. The van der Waals surface area contributed by atoms with E-state index < -0.39 is 4.92 Å². The standard InChI is InChI=1S/C18H22N2O2.C12H19N.C6H4BrNO2/c1-12(2)14-8-7-9-15(13(3)4)18(14)19-16-10-5-6-11-17(16)20(21)22;1-8(2)10-6-5-7-11(9(3)4)12(10)13;7-5-3-1-2-4-6(5)8(9)10/h5-13,19H,1-4H3;5-9H,13H2,1-4H3;1-4H. The molecule has 240 valence electrons. The van der Waals surface area contributed by atoms with Crippen LogP contribution in [0.25, 0.3) is 0 Å². The molecule has 4 aromatic rings. The highest BCUT2D eigenvalue weighted by Gasteiger charge is 2.18. The molecule has 0 bridgehead atoms. The average molecular weight is 678 g/mol. The third-order valence-corrected chi connectivity index (χ3v) is 7.87. The highest BCUT2D eigenvalue weighted by atomic mass is 79.9. The minimum atomic E-state index is -0.427. The van der Waals surface area contributed by atoms with Gasteiger partial charge in [0.2, 0.25) is 0 Å². The molecule has 0 aliphatic rings. The van der Waals surface area contributed by atoms with Crippen molar-refractivity contribution in [3.63, 3.8) is 0 Å². The SMILES string of the molecule is CC(C)c1cccc(C(C)C)c1N.CC(C)c1cccc(C(C)C)c1Nc1ccccc1[N+](=O)[O-].O=[N+]([O-])c1ccccc1Br. The molecule has 4 rings (SSSR count). The van der Waals surface area contributed by atoms with Crippen LogP contribution in [0.1, 0.15) is 101 Å². The summed E-state index contributed by atoms with van der Waals surface area (Å²) < 4.78 is 0.514. The van der Waals surface area contributed by atoms with Crippen LogP contribution in [-0.4, -0.2) is 9.85 Å². The first-order valence-corrected chi connectivity index (χ1v) is 15.9. The van der Waals surface area contributed by atoms with E-state index in [0.717, 1.165) is 11.4 Å². The Morgan fingerprint density at radius 2 is 0.956 bits per heavy atom. The van der Waals surface area contributed by atoms with Crippen LogP contribution < -0.4 is 11.1 Å². The van der Waals surface area contributed by atoms with E-state index >= 15 is 0 Å². The van der Waals surface area contributed by atoms with E-state index in [-0.39, 0.29) is 16.3 Å². The summed E-state index contributed by atoms with van der Waals surface area (Å²) in [5, 5.41) is 24.7. The van der Waals surface area contributed by atoms with Gasteiger partial charge >= 0.3 is 0 Å². The van der Waals surface area contributed by atoms with Crippen molar-refractivity contribution in [3.8, 4) is 0 Å². The maximum absolute atomic E-state index is 11.2. The van der Waals surface area contributed by atoms with Gasteiger partial charge in [-0.3, -0.25) is 20.2 Å². The number of hydrogen-bond acceptors (Lipinski definition) is 6. The molecule has 0 aromatic heterocycles. The molecule has 0 saturated heterocycles. The van der Waals surface area contributed by atoms with Gasteiger partial charge in [0.1, 0.15) is 5.69 Å². The monoisotopic (exact) mass is 676 g/mol. The number of nitrogens with one attached hydrogen (secondary N) is 1. The number of para-hydroxylation sites is 5. The third-order valence-electron chi connectivity index (χ3n) is 7.20. The fourth-order valence-electron chi connectivity index (χ4n) is 4.78. The minimum Gasteiger partial charge on any atom is -0.398 e. The van der Waals surface area contributed by atoms with Gasteiger partial charge < -0.3 is 11.1 Å². The number of nitro groups is 2. The predicted octanol–water partition coefficient (Wildman–Crippen LogP) is 11.5. The summed E-state index contributed by atoms with van der Waals surface area (Å²) in [6, 6.07) is 25.7. The van der Waals surface area contributed by atoms with E-state index in [4.69, 9.17) is 5.73 Å². The van der Waals surface area contributed by atoms with Crippen molar-refractivity contribution in [2.75, 3.05) is 11.1 Å². The molecular weight excluding hydrogens is 632 g/mol. The normalized spacial score (nSPS) is 10.7. The van der Waals surface area contributed by atoms with Crippen molar-refractivity contribution in [2.24, 2.45) is 0 Å². The molecule has 0 fully saturated rings. The number of halogens is 1. The molecule has 0 radical (unpaired) electrons. The van der Waals surface area contributed by atoms with Gasteiger partial charge in [-0.1, -0.05) is 116 Å². The van der Waals surface area contributed by atoms with E-state index in [2.05, 4.69) is 113 Å². The molecule has 0 atom stereocenters. The van der Waals surface area contributed by atoms with E-state index in [1.165, 1.54) is 34.4 Å². The topological polar surface area (TPSA) is 124 Å². The molecule has 4 aromatic carbocycles. The molecule has 0 amide bonds. The third kappa shape index (κ3) is 10.4. The second kappa shape index (κ2) is 17.3. The van der Waals surface area contributed by atoms with Crippen LogP contribution >= 0.6 is 15.9 Å². The Kier molecular flexibility index (Phi) is 14.2. The number of rotatable bonds is 8. The molecule has 0 aliphatic heterocycles. The molecular formula is C36H45BrN4O4. The zero-order valence-corrected chi connectivity index (χ0v) is 29.0. The van der Waals surface area contributed by atoms with Crippen molar-refractivity contribution in [3.05, 3.63) is 132 Å². The lowest BCUT2D eigenvalue weighted by Crippen LogP contribution is -2.05. The molecule has 0 spiro atoms. The number of anilines is 3. The van der Waals surface area contributed by atoms with Gasteiger partial charge in [0, 0.05) is 23.5 Å². The summed E-state index contributed by atoms with van der Waals surface area (Å²) >= 11 is 3.06. The number of nitrogen functional groups attached to an aromatic ring is 1. The summed E-state index contributed by atoms with van der Waals surface area (Å²) in [4.78, 5) is 20.6. The minimum absolute atomic E-state index is 0.0933. The van der Waals surface area contributed by atoms with Gasteiger partial charge in [-0.2, -0.15) is 0 Å². The Hall–Kier alpha value is -4.24. The molecule has 0 aliphatic carbocycles. The quantitative estimate of drug-likeness (QED) is 0.109. The number of nitro benzene ring substituents is 2. The zero-order chi connectivity index (χ0) is 33.8. The fraction of sp³-hybridized carbons (Fsp3) is 0.333. The van der Waals surface area contributed by atoms with Crippen molar-refractivity contribution in [1.29, 1.82) is 0 Å². The first kappa shape index (κ1) is 36.9. The van der Waals surface area contributed by atoms with E-state index in [1.807, 2.05) is 6.07 Å². The second-order valence-electron chi connectivity index (χ2n) is 11.9. The number of benzene rings is 4. The predicted molar refractivity (Wildman–Crippen MR) is 191 cm³/mol. The van der Waals surface area contributed by atoms with Gasteiger partial charge in [0.15, 0.2) is 0 Å². The zero-order valence-electron chi connectivity index (χ0n) is 27.4. The van der Waals surface area contributed by atoms with Crippen molar-refractivity contribution >= 4 is 44.4 Å². The summed E-state index contributed by atoms with van der Waals surface area (Å²) in [5.41, 5.74) is 13.7. The Morgan fingerprint density at radius 3 is 1.33 bits per heavy atom. The molecule has 8 nitrogen and oxygen atoms in total. The van der Waals surface area contributed by atoms with E-state index in [9.17, 15) is 20.2 Å². The number of hydrogen-bond donors (Lipinski definition) is 2. The van der Waals surface area contributed by atoms with Gasteiger partial charge in [-0.05, 0) is 74.0 Å². The first-order chi connectivity index (χ1) is 21.2. The molecule has 0 heterocycles. The van der Waals surface area contributed by atoms with Gasteiger partial charge in [-0.25, -0.2) is 0 Å². The summed E-state index contributed by atoms with van der Waals surface area (Å²) in [5.74, 6) is 1.70. The van der Waals surface area contributed by atoms with Crippen LogP contribution in [-0.2, 0) is 0 Å². The van der Waals surface area contributed by atoms with Gasteiger partial charge in [0.25, 0.3) is 11.4 Å². The first-order valence-electron chi connectivity index (χ1n) is 15.1. The smallest absolute Gasteiger partial charge is 0.292 e. The lowest BCUT2D eigenvalue weighted by Gasteiger charge is -2.20. The Morgan fingerprint density at radius 1 is 0.578 bits per heavy atom. The number of nitrogens with zero attached hydrogens (tertiary/aromatic N) is 2. The fourth-order valence-corrected chi connectivity index (χ4v) is 5.21. The second-order valence-corrected chi connectivity index (χ2v) is 12.7. The lowest BCUT2D eigenvalue weighted by atomic mass is 9.92. The van der Waals surface area contributed by atoms with Crippen molar-refractivity contribution in [2.45, 2.75) is 79.1 Å². The van der Waals surface area contributed by atoms with Gasteiger partial charge in [-0.15, -0.1) is 0 Å². The Labute approximate surface area is 275 Å². The largest absolute Gasteiger partial charge is 0.398 e. The summed E-state index contributed by atoms with van der Waals surface area (Å²) in [6.07, 6.45) is 0. The van der Waals surface area contributed by atoms with Crippen LogP contribution in [0.2, 0.25) is 0 Å². The molecule has 0 saturated carbocycles. The van der Waals surface area contributed by atoms with Gasteiger partial charge in [0.05, 0.1) is 14.3 Å².